The van der Waals surface area contributed by atoms with Crippen LogP contribution in [-0.2, 0) is 4.79 Å². The molecule has 2 unspecified atom stereocenters. The van der Waals surface area contributed by atoms with Gasteiger partial charge in [0, 0.05) is 38.0 Å². The van der Waals surface area contributed by atoms with E-state index >= 15 is 0 Å². The summed E-state index contributed by atoms with van der Waals surface area (Å²) in [5.41, 5.74) is 0. The molecule has 2 aliphatic heterocycles. The smallest absolute Gasteiger partial charge is 0.320 e. The van der Waals surface area contributed by atoms with Gasteiger partial charge in [-0.15, -0.1) is 0 Å². The van der Waals surface area contributed by atoms with Crippen molar-refractivity contribution in [1.82, 2.24) is 9.80 Å². The fourth-order valence-electron chi connectivity index (χ4n) is 4.25. The maximum Gasteiger partial charge on any atom is 0.320 e. The molecule has 4 nitrogen and oxygen atoms in total. The molecule has 21 heavy (non-hydrogen) atoms. The number of piperidine rings is 1. The number of carbonyl (C=O) groups is 2. The van der Waals surface area contributed by atoms with Crippen LogP contribution >= 0.6 is 0 Å². The van der Waals surface area contributed by atoms with Crippen molar-refractivity contribution in [3.05, 3.63) is 0 Å². The van der Waals surface area contributed by atoms with Crippen LogP contribution < -0.4 is 0 Å². The van der Waals surface area contributed by atoms with Crippen molar-refractivity contribution in [2.75, 3.05) is 19.6 Å². The first-order chi connectivity index (χ1) is 10.2. The Bertz CT molecular complexity index is 402. The number of carbonyl (C=O) groups excluding carboxylic acids is 2. The van der Waals surface area contributed by atoms with Gasteiger partial charge in [-0.1, -0.05) is 13.3 Å². The first kappa shape index (κ1) is 14.9. The quantitative estimate of drug-likeness (QED) is 0.745. The standard InChI is InChI=1S/C17H28N2O2/c1-13-8-11-18(12-9-13)17(21)19-10-4-6-15(19)14-5-2-3-7-16(14)20/h13-15H,2-12H2,1H3. The van der Waals surface area contributed by atoms with E-state index in [1.54, 1.807) is 0 Å². The monoisotopic (exact) mass is 292 g/mol. The molecule has 3 rings (SSSR count). The molecule has 2 amide bonds. The van der Waals surface area contributed by atoms with E-state index < -0.39 is 0 Å². The first-order valence-corrected chi connectivity index (χ1v) is 8.75. The van der Waals surface area contributed by atoms with E-state index in [-0.39, 0.29) is 18.0 Å². The second-order valence-electron chi connectivity index (χ2n) is 7.17. The van der Waals surface area contributed by atoms with Crippen LogP contribution in [0.3, 0.4) is 0 Å². The van der Waals surface area contributed by atoms with Crippen molar-refractivity contribution in [1.29, 1.82) is 0 Å². The molecule has 1 aliphatic carbocycles. The fourth-order valence-corrected chi connectivity index (χ4v) is 4.25. The molecule has 1 saturated carbocycles. The molecule has 118 valence electrons. The minimum absolute atomic E-state index is 0.119. The second kappa shape index (κ2) is 6.37. The Balaban J connectivity index is 1.65. The summed E-state index contributed by atoms with van der Waals surface area (Å²) in [6.07, 6.45) is 8.22. The van der Waals surface area contributed by atoms with Crippen molar-refractivity contribution in [2.45, 2.75) is 64.3 Å². The number of hydrogen-bond acceptors (Lipinski definition) is 2. The van der Waals surface area contributed by atoms with Gasteiger partial charge in [0.15, 0.2) is 0 Å². The molecule has 4 heteroatoms. The Labute approximate surface area is 127 Å². The molecule has 3 fully saturated rings. The first-order valence-electron chi connectivity index (χ1n) is 8.75. The highest BCUT2D eigenvalue weighted by Crippen LogP contribution is 2.33. The summed E-state index contributed by atoms with van der Waals surface area (Å²) >= 11 is 0. The molecule has 2 saturated heterocycles. The van der Waals surface area contributed by atoms with E-state index in [4.69, 9.17) is 0 Å². The van der Waals surface area contributed by atoms with Gasteiger partial charge in [-0.2, -0.15) is 0 Å². The Morgan fingerprint density at radius 2 is 1.76 bits per heavy atom. The summed E-state index contributed by atoms with van der Waals surface area (Å²) in [5.74, 6) is 1.26. The molecule has 0 radical (unpaired) electrons. The summed E-state index contributed by atoms with van der Waals surface area (Å²) in [7, 11) is 0. The third-order valence-electron chi connectivity index (χ3n) is 5.67. The van der Waals surface area contributed by atoms with E-state index in [0.29, 0.717) is 5.78 Å². The average molecular weight is 292 g/mol. The van der Waals surface area contributed by atoms with Gasteiger partial charge in [0.1, 0.15) is 5.78 Å². The third-order valence-corrected chi connectivity index (χ3v) is 5.67. The van der Waals surface area contributed by atoms with Crippen LogP contribution in [-0.4, -0.2) is 47.3 Å². The van der Waals surface area contributed by atoms with Gasteiger partial charge >= 0.3 is 6.03 Å². The Morgan fingerprint density at radius 1 is 1.00 bits per heavy atom. The van der Waals surface area contributed by atoms with E-state index in [1.165, 1.54) is 0 Å². The predicted molar refractivity (Wildman–Crippen MR) is 82.1 cm³/mol. The Hall–Kier alpha value is -1.06. The largest absolute Gasteiger partial charge is 0.325 e. The van der Waals surface area contributed by atoms with Gasteiger partial charge < -0.3 is 9.80 Å². The van der Waals surface area contributed by atoms with Crippen LogP contribution in [0.1, 0.15) is 58.3 Å². The van der Waals surface area contributed by atoms with Gasteiger partial charge in [0.2, 0.25) is 0 Å². The number of amides is 2. The van der Waals surface area contributed by atoms with Gasteiger partial charge in [0.25, 0.3) is 0 Å². The minimum atomic E-state index is 0.119. The van der Waals surface area contributed by atoms with Crippen LogP contribution in [0.15, 0.2) is 0 Å². The summed E-state index contributed by atoms with van der Waals surface area (Å²) in [6.45, 7) is 4.89. The number of nitrogens with zero attached hydrogens (tertiary/aromatic N) is 2. The highest BCUT2D eigenvalue weighted by Gasteiger charge is 2.40. The molecule has 0 aromatic heterocycles. The zero-order valence-corrected chi connectivity index (χ0v) is 13.2. The van der Waals surface area contributed by atoms with Crippen molar-refractivity contribution in [2.24, 2.45) is 11.8 Å². The Morgan fingerprint density at radius 3 is 2.48 bits per heavy atom. The summed E-state index contributed by atoms with van der Waals surface area (Å²) in [6, 6.07) is 0.382. The van der Waals surface area contributed by atoms with E-state index in [0.717, 1.165) is 76.9 Å². The van der Waals surface area contributed by atoms with Crippen LogP contribution in [0.4, 0.5) is 4.79 Å². The topological polar surface area (TPSA) is 40.6 Å². The molecule has 3 aliphatic rings. The fraction of sp³-hybridized carbons (Fsp3) is 0.882. The van der Waals surface area contributed by atoms with Crippen LogP contribution in [0.2, 0.25) is 0 Å². The van der Waals surface area contributed by atoms with Crippen LogP contribution in [0.5, 0.6) is 0 Å². The normalized spacial score (nSPS) is 31.8. The number of ketones is 1. The zero-order valence-electron chi connectivity index (χ0n) is 13.2. The summed E-state index contributed by atoms with van der Waals surface area (Å²) in [5, 5.41) is 0. The molecule has 0 bridgehead atoms. The van der Waals surface area contributed by atoms with Crippen molar-refractivity contribution < 1.29 is 9.59 Å². The van der Waals surface area contributed by atoms with Gasteiger partial charge in [0.05, 0.1) is 0 Å². The van der Waals surface area contributed by atoms with Gasteiger partial charge in [-0.05, 0) is 44.4 Å². The van der Waals surface area contributed by atoms with Crippen LogP contribution in [0, 0.1) is 11.8 Å². The number of Topliss-reactive ketones (excluding diaryl/α,β-unsaturated/α-hetero) is 1. The van der Waals surface area contributed by atoms with Crippen molar-refractivity contribution in [3.63, 3.8) is 0 Å². The van der Waals surface area contributed by atoms with Crippen molar-refractivity contribution >= 4 is 11.8 Å². The number of rotatable bonds is 1. The van der Waals surface area contributed by atoms with E-state index in [1.807, 2.05) is 9.80 Å². The van der Waals surface area contributed by atoms with Crippen LogP contribution in [0.25, 0.3) is 0 Å². The highest BCUT2D eigenvalue weighted by atomic mass is 16.2. The van der Waals surface area contributed by atoms with Gasteiger partial charge in [-0.3, -0.25) is 4.79 Å². The van der Waals surface area contributed by atoms with E-state index in [9.17, 15) is 9.59 Å². The summed E-state index contributed by atoms with van der Waals surface area (Å²) < 4.78 is 0. The van der Waals surface area contributed by atoms with Crippen molar-refractivity contribution in [3.8, 4) is 0 Å². The molecule has 0 aromatic rings. The molecule has 0 spiro atoms. The Kier molecular flexibility index (Phi) is 4.51. The highest BCUT2D eigenvalue weighted by molar-refractivity contribution is 5.83. The van der Waals surface area contributed by atoms with E-state index in [2.05, 4.69) is 6.92 Å². The number of likely N-dealkylation sites (tertiary alicyclic amines) is 2. The molecule has 0 N–H and O–H groups in total. The maximum atomic E-state index is 12.8. The molecule has 2 heterocycles. The third kappa shape index (κ3) is 3.09. The molecule has 2 atom stereocenters. The molecule has 0 aromatic carbocycles. The lowest BCUT2D eigenvalue weighted by molar-refractivity contribution is -0.126. The van der Waals surface area contributed by atoms with Gasteiger partial charge in [-0.25, -0.2) is 4.79 Å². The lowest BCUT2D eigenvalue weighted by atomic mass is 9.82. The lowest BCUT2D eigenvalue weighted by Gasteiger charge is -2.38. The minimum Gasteiger partial charge on any atom is -0.325 e. The number of urea groups is 1. The second-order valence-corrected chi connectivity index (χ2v) is 7.17. The SMILES string of the molecule is CC1CCN(C(=O)N2CCCC2C2CCCCC2=O)CC1. The average Bonchev–Trinajstić information content (AvgIpc) is 2.97. The number of hydrogen-bond donors (Lipinski definition) is 0. The molecular weight excluding hydrogens is 264 g/mol. The lowest BCUT2D eigenvalue weighted by Crippen LogP contribution is -2.51. The zero-order chi connectivity index (χ0) is 14.8. The summed E-state index contributed by atoms with van der Waals surface area (Å²) in [4.78, 5) is 29.1. The maximum absolute atomic E-state index is 12.8. The predicted octanol–water partition coefficient (Wildman–Crippen LogP) is 3.06. The molecular formula is C17H28N2O2.